The first-order chi connectivity index (χ1) is 30.1. The van der Waals surface area contributed by atoms with Gasteiger partial charge in [-0.2, -0.15) is 0 Å². The van der Waals surface area contributed by atoms with Crippen molar-refractivity contribution in [3.8, 4) is 0 Å². The van der Waals surface area contributed by atoms with Gasteiger partial charge < -0.3 is 65.1 Å². The Morgan fingerprint density at radius 3 is 1.53 bits per heavy atom. The van der Waals surface area contributed by atoms with Gasteiger partial charge in [0.2, 0.25) is 5.91 Å². The molecule has 0 bridgehead atoms. The lowest BCUT2D eigenvalue weighted by Gasteiger charge is -2.46. The molecule has 0 saturated carbocycles. The number of aliphatic hydroxyl groups is 8. The molecule has 2 saturated heterocycles. The molecule has 2 heterocycles. The van der Waals surface area contributed by atoms with Crippen LogP contribution in [0.1, 0.15) is 181 Å². The van der Waals surface area contributed by atoms with Crippen LogP contribution in [0.3, 0.4) is 0 Å². The highest BCUT2D eigenvalue weighted by Crippen LogP contribution is 2.30. The minimum Gasteiger partial charge on any atom is -0.394 e. The quantitative estimate of drug-likeness (QED) is 0.0267. The molecule has 0 aromatic carbocycles. The fraction of sp³-hybridized carbons (Fsp3) is 0.896. The molecule has 0 aliphatic carbocycles. The lowest BCUT2D eigenvalue weighted by Crippen LogP contribution is -2.65. The third kappa shape index (κ3) is 23.1. The first-order valence-electron chi connectivity index (χ1n) is 24.6. The maximum Gasteiger partial charge on any atom is 0.220 e. The summed E-state index contributed by atoms with van der Waals surface area (Å²) in [5, 5.41) is 86.3. The lowest BCUT2D eigenvalue weighted by molar-refractivity contribution is -0.359. The molecule has 0 aromatic heterocycles. The standard InChI is InChI=1S/C48H89NO13/c1-3-5-7-9-11-12-13-14-15-16-17-18-19-20-21-22-23-24-26-28-30-32-40(53)49-36(37(52)31-29-27-25-10-8-6-4-2)35-59-47-45(58)43(56)46(39(34-51)61-47)62-48-44(57)42(55)41(54)38(33-50)60-48/h16-17,29,31,36-39,41-48,50-52,54-58H,3-15,18-28,30,32-35H2,1-2H3,(H,49,53)/b17-16-,31-29+. The van der Waals surface area contributed by atoms with Crippen molar-refractivity contribution in [3.05, 3.63) is 24.3 Å². The van der Waals surface area contributed by atoms with Crippen LogP contribution in [0.5, 0.6) is 0 Å². The van der Waals surface area contributed by atoms with Gasteiger partial charge in [-0.1, -0.05) is 154 Å². The number of allylic oxidation sites excluding steroid dienone is 3. The van der Waals surface area contributed by atoms with Crippen molar-refractivity contribution in [2.24, 2.45) is 0 Å². The summed E-state index contributed by atoms with van der Waals surface area (Å²) in [5.41, 5.74) is 0. The van der Waals surface area contributed by atoms with E-state index in [2.05, 4.69) is 31.3 Å². The highest BCUT2D eigenvalue weighted by atomic mass is 16.7. The van der Waals surface area contributed by atoms with Gasteiger partial charge in [0.1, 0.15) is 48.8 Å². The number of unbranched alkanes of at least 4 members (excludes halogenated alkanes) is 22. The molecule has 9 N–H and O–H groups in total. The number of amides is 1. The average Bonchev–Trinajstić information content (AvgIpc) is 3.27. The van der Waals surface area contributed by atoms with E-state index in [-0.39, 0.29) is 18.9 Å². The van der Waals surface area contributed by atoms with Crippen molar-refractivity contribution < 1.29 is 64.6 Å². The maximum atomic E-state index is 13.1. The summed E-state index contributed by atoms with van der Waals surface area (Å²) in [6, 6.07) is -0.909. The summed E-state index contributed by atoms with van der Waals surface area (Å²) in [6.07, 6.45) is 21.1. The third-order valence-corrected chi connectivity index (χ3v) is 12.1. The van der Waals surface area contributed by atoms with Crippen LogP contribution < -0.4 is 5.32 Å². The normalized spacial score (nSPS) is 27.9. The van der Waals surface area contributed by atoms with E-state index in [1.807, 2.05) is 6.08 Å². The molecule has 12 atom stereocenters. The number of carbonyl (C=O) groups excluding carboxylic acids is 1. The molecule has 0 spiro atoms. The molecule has 0 radical (unpaired) electrons. The van der Waals surface area contributed by atoms with Gasteiger partial charge in [-0.15, -0.1) is 0 Å². The van der Waals surface area contributed by atoms with E-state index in [4.69, 9.17) is 18.9 Å². The Bertz CT molecular complexity index is 1140. The second-order valence-electron chi connectivity index (χ2n) is 17.6. The molecular formula is C48H89NO13. The molecule has 2 aliphatic heterocycles. The van der Waals surface area contributed by atoms with Gasteiger partial charge in [0.05, 0.1) is 32.0 Å². The fourth-order valence-electron chi connectivity index (χ4n) is 8.05. The molecule has 1 amide bonds. The molecule has 12 unspecified atom stereocenters. The van der Waals surface area contributed by atoms with E-state index in [0.717, 1.165) is 51.4 Å². The number of hydrogen-bond donors (Lipinski definition) is 9. The van der Waals surface area contributed by atoms with Gasteiger partial charge >= 0.3 is 0 Å². The average molecular weight is 888 g/mol. The van der Waals surface area contributed by atoms with Crippen molar-refractivity contribution in [1.82, 2.24) is 5.32 Å². The number of carbonyl (C=O) groups is 1. The zero-order valence-corrected chi connectivity index (χ0v) is 38.4. The molecule has 2 fully saturated rings. The molecule has 2 aliphatic rings. The monoisotopic (exact) mass is 888 g/mol. The summed E-state index contributed by atoms with van der Waals surface area (Å²) in [7, 11) is 0. The summed E-state index contributed by atoms with van der Waals surface area (Å²) in [4.78, 5) is 13.1. The van der Waals surface area contributed by atoms with Crippen molar-refractivity contribution >= 4 is 5.91 Å². The van der Waals surface area contributed by atoms with Crippen molar-refractivity contribution in [2.45, 2.75) is 254 Å². The number of aliphatic hydroxyl groups excluding tert-OH is 8. The van der Waals surface area contributed by atoms with Crippen LogP contribution in [-0.4, -0.2) is 140 Å². The molecular weight excluding hydrogens is 799 g/mol. The van der Waals surface area contributed by atoms with Crippen molar-refractivity contribution in [2.75, 3.05) is 19.8 Å². The largest absolute Gasteiger partial charge is 0.394 e. The molecule has 2 rings (SSSR count). The highest BCUT2D eigenvalue weighted by Gasteiger charge is 2.51. The van der Waals surface area contributed by atoms with Crippen LogP contribution in [0.15, 0.2) is 24.3 Å². The van der Waals surface area contributed by atoms with E-state index < -0.39 is 86.8 Å². The van der Waals surface area contributed by atoms with E-state index in [0.29, 0.717) is 6.42 Å². The van der Waals surface area contributed by atoms with E-state index in [1.165, 1.54) is 103 Å². The Kier molecular flexibility index (Phi) is 32.6. The zero-order chi connectivity index (χ0) is 45.4. The van der Waals surface area contributed by atoms with Crippen LogP contribution in [-0.2, 0) is 23.7 Å². The van der Waals surface area contributed by atoms with E-state index in [1.54, 1.807) is 6.08 Å². The van der Waals surface area contributed by atoms with Crippen LogP contribution >= 0.6 is 0 Å². The van der Waals surface area contributed by atoms with Gasteiger partial charge in [0, 0.05) is 6.42 Å². The van der Waals surface area contributed by atoms with Crippen LogP contribution in [0.2, 0.25) is 0 Å². The molecule has 0 aromatic rings. The number of ether oxygens (including phenoxy) is 4. The highest BCUT2D eigenvalue weighted by molar-refractivity contribution is 5.76. The Morgan fingerprint density at radius 1 is 0.565 bits per heavy atom. The topological polar surface area (TPSA) is 228 Å². The summed E-state index contributed by atoms with van der Waals surface area (Å²) in [5.74, 6) is -0.246. The molecule has 364 valence electrons. The third-order valence-electron chi connectivity index (χ3n) is 12.1. The van der Waals surface area contributed by atoms with Crippen LogP contribution in [0, 0.1) is 0 Å². The second-order valence-corrected chi connectivity index (χ2v) is 17.6. The maximum absolute atomic E-state index is 13.1. The summed E-state index contributed by atoms with van der Waals surface area (Å²) >= 11 is 0. The summed E-state index contributed by atoms with van der Waals surface area (Å²) in [6.45, 7) is 2.71. The first-order valence-corrected chi connectivity index (χ1v) is 24.6. The smallest absolute Gasteiger partial charge is 0.220 e. The Labute approximate surface area is 373 Å². The fourth-order valence-corrected chi connectivity index (χ4v) is 8.05. The first kappa shape index (κ1) is 56.6. The Hall–Kier alpha value is -1.53. The Balaban J connectivity index is 1.76. The van der Waals surface area contributed by atoms with Gasteiger partial charge in [-0.25, -0.2) is 0 Å². The predicted molar refractivity (Wildman–Crippen MR) is 240 cm³/mol. The second kappa shape index (κ2) is 35.7. The summed E-state index contributed by atoms with van der Waals surface area (Å²) < 4.78 is 22.6. The van der Waals surface area contributed by atoms with Crippen LogP contribution in [0.25, 0.3) is 0 Å². The van der Waals surface area contributed by atoms with E-state index in [9.17, 15) is 45.6 Å². The molecule has 14 nitrogen and oxygen atoms in total. The van der Waals surface area contributed by atoms with Crippen molar-refractivity contribution in [1.29, 1.82) is 0 Å². The van der Waals surface area contributed by atoms with Gasteiger partial charge in [-0.05, 0) is 44.9 Å². The number of nitrogens with one attached hydrogen (secondary N) is 1. The molecule has 62 heavy (non-hydrogen) atoms. The molecule has 14 heteroatoms. The van der Waals surface area contributed by atoms with Gasteiger partial charge in [0.25, 0.3) is 0 Å². The predicted octanol–water partition coefficient (Wildman–Crippen LogP) is 5.77. The number of rotatable bonds is 37. The zero-order valence-electron chi connectivity index (χ0n) is 38.4. The number of hydrogen-bond acceptors (Lipinski definition) is 13. The minimum atomic E-state index is -1.78. The van der Waals surface area contributed by atoms with Crippen molar-refractivity contribution in [3.63, 3.8) is 0 Å². The SMILES string of the molecule is CCCCCCC/C=C/C(O)C(COC1OC(CO)C(OC2OC(CO)C(O)C(O)C2O)C(O)C1O)NC(=O)CCCCCCCCCCC/C=C\CCCCCCCCCC. The minimum absolute atomic E-state index is 0.246. The van der Waals surface area contributed by atoms with Gasteiger partial charge in [-0.3, -0.25) is 4.79 Å². The van der Waals surface area contributed by atoms with Gasteiger partial charge in [0.15, 0.2) is 12.6 Å². The Morgan fingerprint density at radius 2 is 1.02 bits per heavy atom. The van der Waals surface area contributed by atoms with E-state index >= 15 is 0 Å². The van der Waals surface area contributed by atoms with Crippen LogP contribution in [0.4, 0.5) is 0 Å². The lowest BCUT2D eigenvalue weighted by atomic mass is 9.97.